The van der Waals surface area contributed by atoms with Crippen LogP contribution in [0.15, 0.2) is 93.8 Å². The number of aromatic amines is 1. The predicted octanol–water partition coefficient (Wildman–Crippen LogP) is 4.75. The Morgan fingerprint density at radius 3 is 1.85 bits per heavy atom. The first-order valence-electron chi connectivity index (χ1n) is 11.1. The highest BCUT2D eigenvalue weighted by Crippen LogP contribution is 2.20. The van der Waals surface area contributed by atoms with Gasteiger partial charge in [-0.1, -0.05) is 10.2 Å². The third-order valence-electron chi connectivity index (χ3n) is 5.25. The average molecular weight is 459 g/mol. The molecule has 2 aromatic carbocycles. The molecule has 0 aliphatic rings. The standard InChI is InChI=1S/C24H28N10/c1-32-16-15-27-23(32)30-28-21-9-5-19(6-10-21)25-13-4-14-26-20-7-11-22(12-8-20)29-31-24-33(2)17-18-34(24)3/h5-12,15-18H,4,13-14H2,1-3H3,(H,25,27,30)/p+2. The van der Waals surface area contributed by atoms with Gasteiger partial charge in [0, 0.05) is 34.7 Å². The highest BCUT2D eigenvalue weighted by molar-refractivity contribution is 5.51. The van der Waals surface area contributed by atoms with Gasteiger partial charge in [0.15, 0.2) is 0 Å². The van der Waals surface area contributed by atoms with Crippen LogP contribution in [0.2, 0.25) is 0 Å². The summed E-state index contributed by atoms with van der Waals surface area (Å²) in [6, 6.07) is 15.9. The van der Waals surface area contributed by atoms with Gasteiger partial charge in [-0.15, -0.1) is 0 Å². The number of hydrogen-bond donors (Lipinski definition) is 3. The van der Waals surface area contributed by atoms with Gasteiger partial charge in [0.05, 0.1) is 45.9 Å². The van der Waals surface area contributed by atoms with E-state index in [1.807, 2.05) is 108 Å². The van der Waals surface area contributed by atoms with Crippen LogP contribution in [-0.4, -0.2) is 22.6 Å². The van der Waals surface area contributed by atoms with Crippen molar-refractivity contribution >= 4 is 34.6 Å². The van der Waals surface area contributed by atoms with Crippen molar-refractivity contribution in [3.8, 4) is 0 Å². The smallest absolute Gasteiger partial charge is 0.385 e. The average Bonchev–Trinajstić information content (AvgIpc) is 3.41. The molecule has 0 saturated carbocycles. The molecule has 0 fully saturated rings. The zero-order chi connectivity index (χ0) is 23.8. The summed E-state index contributed by atoms with van der Waals surface area (Å²) in [4.78, 5) is 3.03. The molecule has 0 saturated heterocycles. The van der Waals surface area contributed by atoms with E-state index >= 15 is 0 Å². The lowest BCUT2D eigenvalue weighted by atomic mass is 10.2. The number of hydrogen-bond acceptors (Lipinski definition) is 6. The van der Waals surface area contributed by atoms with Crippen LogP contribution in [0.4, 0.5) is 34.6 Å². The van der Waals surface area contributed by atoms with Crippen LogP contribution >= 0.6 is 0 Å². The molecule has 3 N–H and O–H groups in total. The minimum Gasteiger partial charge on any atom is -0.385 e. The van der Waals surface area contributed by atoms with Gasteiger partial charge in [-0.3, -0.25) is 0 Å². The highest BCUT2D eigenvalue weighted by Gasteiger charge is 2.10. The van der Waals surface area contributed by atoms with Crippen molar-refractivity contribution in [2.45, 2.75) is 6.42 Å². The number of azo groups is 2. The van der Waals surface area contributed by atoms with Crippen molar-refractivity contribution in [1.82, 2.24) is 9.55 Å². The molecule has 4 rings (SSSR count). The third-order valence-corrected chi connectivity index (χ3v) is 5.25. The summed E-state index contributed by atoms with van der Waals surface area (Å²) < 4.78 is 5.73. The Hall–Kier alpha value is -4.34. The molecule has 0 aliphatic carbocycles. The number of aryl methyl sites for hydroxylation is 3. The number of nitrogens with zero attached hydrogens (tertiary/aromatic N) is 7. The molecule has 0 aliphatic heterocycles. The lowest BCUT2D eigenvalue weighted by Crippen LogP contribution is -2.25. The molecule has 0 radical (unpaired) electrons. The predicted molar refractivity (Wildman–Crippen MR) is 131 cm³/mol. The maximum Gasteiger partial charge on any atom is 0.421 e. The fourth-order valence-corrected chi connectivity index (χ4v) is 3.27. The van der Waals surface area contributed by atoms with Crippen LogP contribution in [0.3, 0.4) is 0 Å². The highest BCUT2D eigenvalue weighted by atomic mass is 15.3. The number of benzene rings is 2. The second-order valence-electron chi connectivity index (χ2n) is 7.92. The van der Waals surface area contributed by atoms with E-state index in [1.165, 1.54) is 0 Å². The van der Waals surface area contributed by atoms with Crippen LogP contribution < -0.4 is 19.8 Å². The zero-order valence-corrected chi connectivity index (χ0v) is 19.7. The molecule has 10 nitrogen and oxygen atoms in total. The van der Waals surface area contributed by atoms with E-state index in [4.69, 9.17) is 0 Å². The summed E-state index contributed by atoms with van der Waals surface area (Å²) >= 11 is 0. The quantitative estimate of drug-likeness (QED) is 0.181. The fourth-order valence-electron chi connectivity index (χ4n) is 3.27. The molecule has 0 bridgehead atoms. The third kappa shape index (κ3) is 6.12. The summed E-state index contributed by atoms with van der Waals surface area (Å²) in [5.41, 5.74) is 3.75. The van der Waals surface area contributed by atoms with Crippen molar-refractivity contribution in [2.75, 3.05) is 23.7 Å². The molecule has 0 amide bonds. The number of imidazole rings is 2. The van der Waals surface area contributed by atoms with Crippen LogP contribution in [0.25, 0.3) is 0 Å². The van der Waals surface area contributed by atoms with Crippen LogP contribution in [0.1, 0.15) is 6.42 Å². The number of H-pyrrole nitrogens is 1. The summed E-state index contributed by atoms with van der Waals surface area (Å²) in [6.07, 6.45) is 8.60. The maximum absolute atomic E-state index is 4.32. The zero-order valence-electron chi connectivity index (χ0n) is 19.7. The topological polar surface area (TPSA) is 102 Å². The first-order chi connectivity index (χ1) is 16.6. The van der Waals surface area contributed by atoms with E-state index < -0.39 is 0 Å². The van der Waals surface area contributed by atoms with Gasteiger partial charge in [0.2, 0.25) is 0 Å². The summed E-state index contributed by atoms with van der Waals surface area (Å²) in [7, 11) is 5.81. The molecule has 34 heavy (non-hydrogen) atoms. The van der Waals surface area contributed by atoms with Gasteiger partial charge < -0.3 is 10.6 Å². The van der Waals surface area contributed by atoms with Gasteiger partial charge in [-0.2, -0.15) is 0 Å². The normalized spacial score (nSPS) is 11.5. The van der Waals surface area contributed by atoms with Gasteiger partial charge >= 0.3 is 11.9 Å². The molecule has 0 atom stereocenters. The Kier molecular flexibility index (Phi) is 7.39. The SMILES string of the molecule is Cn1cc[n+](C)c1N=Nc1ccc(NCCCNc2ccc(N=Nc3[nH]cc[n+]3C)cc2)cc1. The van der Waals surface area contributed by atoms with Crippen molar-refractivity contribution < 1.29 is 9.13 Å². The number of aromatic nitrogens is 4. The second kappa shape index (κ2) is 11.0. The summed E-state index contributed by atoms with van der Waals surface area (Å²) in [5.74, 6) is 1.49. The van der Waals surface area contributed by atoms with Gasteiger partial charge in [0.1, 0.15) is 11.4 Å². The van der Waals surface area contributed by atoms with E-state index in [1.54, 1.807) is 0 Å². The summed E-state index contributed by atoms with van der Waals surface area (Å²) in [6.45, 7) is 1.73. The molecule has 0 spiro atoms. The minimum atomic E-state index is 0.704. The maximum atomic E-state index is 4.32. The minimum absolute atomic E-state index is 0.704. The second-order valence-corrected chi connectivity index (χ2v) is 7.92. The van der Waals surface area contributed by atoms with E-state index in [9.17, 15) is 0 Å². The lowest BCUT2D eigenvalue weighted by molar-refractivity contribution is -0.657. The molecule has 0 unspecified atom stereocenters. The first-order valence-corrected chi connectivity index (χ1v) is 11.1. The van der Waals surface area contributed by atoms with Crippen LogP contribution in [0.5, 0.6) is 0 Å². The summed E-state index contributed by atoms with van der Waals surface area (Å²) in [5, 5.41) is 24.0. The van der Waals surface area contributed by atoms with Gasteiger partial charge in [-0.25, -0.2) is 18.7 Å². The number of rotatable bonds is 10. The van der Waals surface area contributed by atoms with Gasteiger partial charge in [-0.05, 0) is 55.0 Å². The molecular weight excluding hydrogens is 428 g/mol. The van der Waals surface area contributed by atoms with E-state index in [0.717, 1.165) is 48.2 Å². The Morgan fingerprint density at radius 1 is 0.765 bits per heavy atom. The molecule has 174 valence electrons. The molecule has 4 aromatic rings. The van der Waals surface area contributed by atoms with E-state index in [0.29, 0.717) is 5.95 Å². The Balaban J connectivity index is 1.17. The largest absolute Gasteiger partial charge is 0.421 e. The monoisotopic (exact) mass is 458 g/mol. The Bertz CT molecular complexity index is 1230. The van der Waals surface area contributed by atoms with Gasteiger partial charge in [0.25, 0.3) is 0 Å². The molecular formula is C24H30N10+2. The fraction of sp³-hybridized carbons (Fsp3) is 0.250. The van der Waals surface area contributed by atoms with E-state index in [2.05, 4.69) is 36.1 Å². The van der Waals surface area contributed by atoms with Crippen LogP contribution in [-0.2, 0) is 21.1 Å². The van der Waals surface area contributed by atoms with E-state index in [-0.39, 0.29) is 0 Å². The number of nitrogens with one attached hydrogen (secondary N) is 3. The van der Waals surface area contributed by atoms with Crippen LogP contribution in [0, 0.1) is 0 Å². The van der Waals surface area contributed by atoms with Crippen molar-refractivity contribution in [2.24, 2.45) is 41.6 Å². The first kappa shape index (κ1) is 22.8. The Morgan fingerprint density at radius 2 is 1.35 bits per heavy atom. The van der Waals surface area contributed by atoms with Crippen molar-refractivity contribution in [3.05, 3.63) is 73.3 Å². The number of anilines is 2. The lowest BCUT2D eigenvalue weighted by Gasteiger charge is -2.08. The molecule has 2 aromatic heterocycles. The van der Waals surface area contributed by atoms with Crippen molar-refractivity contribution in [1.29, 1.82) is 0 Å². The molecule has 10 heteroatoms. The van der Waals surface area contributed by atoms with Crippen molar-refractivity contribution in [3.63, 3.8) is 0 Å². The Labute approximate surface area is 198 Å². The molecule has 2 heterocycles.